The maximum absolute atomic E-state index is 10.3. The van der Waals surface area contributed by atoms with Crippen molar-refractivity contribution in [3.8, 4) is 0 Å². The zero-order valence-electron chi connectivity index (χ0n) is 4.31. The first-order valence-electron chi connectivity index (χ1n) is 2.01. The van der Waals surface area contributed by atoms with Crippen molar-refractivity contribution >= 4 is 22.9 Å². The van der Waals surface area contributed by atoms with Crippen molar-refractivity contribution in [2.75, 3.05) is 0 Å². The number of hydroxylamine groups is 1. The van der Waals surface area contributed by atoms with Crippen LogP contribution in [-0.4, -0.2) is 11.2 Å². The van der Waals surface area contributed by atoms with E-state index in [1.165, 1.54) is 0 Å². The molecule has 0 spiro atoms. The van der Waals surface area contributed by atoms with Crippen molar-refractivity contribution in [3.63, 3.8) is 0 Å². The smallest absolute Gasteiger partial charge is 0.0327 e. The molecular formula is C3H8IN2O-. The molecule has 0 aromatic rings. The predicted octanol–water partition coefficient (Wildman–Crippen LogP) is 1.05. The molecule has 44 valence electrons. The highest BCUT2D eigenvalue weighted by Crippen LogP contribution is 1.90. The van der Waals surface area contributed by atoms with Gasteiger partial charge in [-0.25, -0.2) is 3.64 Å². The summed E-state index contributed by atoms with van der Waals surface area (Å²) in [4.78, 5) is 0. The number of hydrazine groups is 1. The summed E-state index contributed by atoms with van der Waals surface area (Å²) in [6.07, 6.45) is 0. The van der Waals surface area contributed by atoms with Crippen molar-refractivity contribution in [3.05, 3.63) is 5.21 Å². The van der Waals surface area contributed by atoms with Crippen molar-refractivity contribution in [1.82, 2.24) is 8.81 Å². The summed E-state index contributed by atoms with van der Waals surface area (Å²) in [7, 11) is 0. The molecule has 0 amide bonds. The standard InChI is InChI=1S/C3H8IN2O/c1-3(2)6(7)5-4/h3,5H,1-2H3/q-1. The fourth-order valence-corrected chi connectivity index (χ4v) is 0.655. The number of rotatable bonds is 2. The van der Waals surface area contributed by atoms with Crippen LogP contribution in [0, 0.1) is 5.21 Å². The molecule has 7 heavy (non-hydrogen) atoms. The van der Waals surface area contributed by atoms with Crippen LogP contribution in [0.3, 0.4) is 0 Å². The Morgan fingerprint density at radius 1 is 1.71 bits per heavy atom. The predicted molar refractivity (Wildman–Crippen MR) is 37.5 cm³/mol. The van der Waals surface area contributed by atoms with Gasteiger partial charge >= 0.3 is 0 Å². The molecule has 0 unspecified atom stereocenters. The topological polar surface area (TPSA) is 38.3 Å². The molecule has 0 bridgehead atoms. The second kappa shape index (κ2) is 3.59. The first-order chi connectivity index (χ1) is 3.18. The molecule has 1 N–H and O–H groups in total. The molecule has 4 heteroatoms. The van der Waals surface area contributed by atoms with Gasteiger partial charge in [-0.05, 0) is 13.8 Å². The van der Waals surface area contributed by atoms with Gasteiger partial charge in [0, 0.05) is 28.9 Å². The van der Waals surface area contributed by atoms with E-state index < -0.39 is 0 Å². The Kier molecular flexibility index (Phi) is 3.91. The minimum atomic E-state index is 0.0249. The first-order valence-corrected chi connectivity index (χ1v) is 3.09. The Morgan fingerprint density at radius 3 is 2.14 bits per heavy atom. The minimum absolute atomic E-state index is 0.0249. The molecule has 0 aromatic carbocycles. The number of halogens is 1. The zero-order chi connectivity index (χ0) is 5.86. The average Bonchev–Trinajstić information content (AvgIpc) is 1.65. The van der Waals surface area contributed by atoms with Gasteiger partial charge in [-0.2, -0.15) is 0 Å². The lowest BCUT2D eigenvalue weighted by Crippen LogP contribution is -2.30. The highest BCUT2D eigenvalue weighted by Gasteiger charge is 1.89. The molecule has 0 fully saturated rings. The molecule has 3 nitrogen and oxygen atoms in total. The van der Waals surface area contributed by atoms with Crippen LogP contribution in [0.1, 0.15) is 13.8 Å². The third-order valence-electron chi connectivity index (χ3n) is 0.552. The number of nitrogens with one attached hydrogen (secondary N) is 1. The number of nitrogens with zero attached hydrogens (tertiary/aromatic N) is 1. The summed E-state index contributed by atoms with van der Waals surface area (Å²) in [5, 5.41) is 11.1. The summed E-state index contributed by atoms with van der Waals surface area (Å²) in [6, 6.07) is 0.0249. The third kappa shape index (κ3) is 3.22. The molecular weight excluding hydrogens is 207 g/mol. The second-order valence-electron chi connectivity index (χ2n) is 1.50. The molecule has 0 aliphatic rings. The molecule has 0 atom stereocenters. The second-order valence-corrected chi connectivity index (χ2v) is 1.99. The van der Waals surface area contributed by atoms with Crippen LogP contribution in [-0.2, 0) is 0 Å². The SMILES string of the molecule is CC(C)N([O-])NI. The van der Waals surface area contributed by atoms with Gasteiger partial charge in [0.15, 0.2) is 0 Å². The van der Waals surface area contributed by atoms with E-state index in [1.807, 2.05) is 13.8 Å². The van der Waals surface area contributed by atoms with Gasteiger partial charge in [0.2, 0.25) is 0 Å². The minimum Gasteiger partial charge on any atom is -0.771 e. The Morgan fingerprint density at radius 2 is 2.14 bits per heavy atom. The van der Waals surface area contributed by atoms with E-state index in [0.29, 0.717) is 0 Å². The van der Waals surface area contributed by atoms with Crippen LogP contribution in [0.4, 0.5) is 0 Å². The summed E-state index contributed by atoms with van der Waals surface area (Å²) in [5.74, 6) is 0. The van der Waals surface area contributed by atoms with Gasteiger partial charge in [-0.3, -0.25) is 0 Å². The van der Waals surface area contributed by atoms with Crippen molar-refractivity contribution < 1.29 is 0 Å². The Bertz CT molecular complexity index is 50.2. The van der Waals surface area contributed by atoms with Gasteiger partial charge in [0.1, 0.15) is 0 Å². The fourth-order valence-electron chi connectivity index (χ4n) is 0.0976. The van der Waals surface area contributed by atoms with Crippen LogP contribution < -0.4 is 3.64 Å². The van der Waals surface area contributed by atoms with E-state index in [9.17, 15) is 5.21 Å². The van der Waals surface area contributed by atoms with E-state index in [2.05, 4.69) is 3.64 Å². The Balaban J connectivity index is 3.14. The maximum Gasteiger partial charge on any atom is 0.0327 e. The number of hydrogen-bond acceptors (Lipinski definition) is 3. The summed E-state index contributed by atoms with van der Waals surface area (Å²) in [6.45, 7) is 3.64. The van der Waals surface area contributed by atoms with Crippen molar-refractivity contribution in [1.29, 1.82) is 0 Å². The molecule has 0 aliphatic heterocycles. The van der Waals surface area contributed by atoms with E-state index in [1.54, 1.807) is 22.9 Å². The van der Waals surface area contributed by atoms with Crippen LogP contribution in [0.25, 0.3) is 0 Å². The first kappa shape index (κ1) is 7.61. The third-order valence-corrected chi connectivity index (χ3v) is 1.03. The van der Waals surface area contributed by atoms with Crippen LogP contribution in [0.2, 0.25) is 0 Å². The lowest BCUT2D eigenvalue weighted by molar-refractivity contribution is 0.301. The van der Waals surface area contributed by atoms with E-state index in [4.69, 9.17) is 0 Å². The molecule has 0 aliphatic carbocycles. The Hall–Kier alpha value is 0.610. The molecule has 0 saturated carbocycles. The van der Waals surface area contributed by atoms with E-state index in [0.717, 1.165) is 5.17 Å². The summed E-state index contributed by atoms with van der Waals surface area (Å²) < 4.78 is 2.41. The molecule has 0 saturated heterocycles. The summed E-state index contributed by atoms with van der Waals surface area (Å²) >= 11 is 1.79. The molecule has 0 rings (SSSR count). The largest absolute Gasteiger partial charge is 0.771 e. The lowest BCUT2D eigenvalue weighted by Gasteiger charge is -2.29. The quantitative estimate of drug-likeness (QED) is 0.425. The maximum atomic E-state index is 10.3. The normalized spacial score (nSPS) is 11.1. The highest BCUT2D eigenvalue weighted by molar-refractivity contribution is 14.1. The van der Waals surface area contributed by atoms with Crippen molar-refractivity contribution in [2.45, 2.75) is 19.9 Å². The van der Waals surface area contributed by atoms with Crippen molar-refractivity contribution in [2.24, 2.45) is 0 Å². The highest BCUT2D eigenvalue weighted by atomic mass is 127. The van der Waals surface area contributed by atoms with Crippen LogP contribution in [0.5, 0.6) is 0 Å². The fraction of sp³-hybridized carbons (Fsp3) is 1.00. The molecule has 0 heterocycles. The van der Waals surface area contributed by atoms with Gasteiger partial charge in [-0.1, -0.05) is 0 Å². The van der Waals surface area contributed by atoms with E-state index in [-0.39, 0.29) is 6.04 Å². The molecule has 0 radical (unpaired) electrons. The summed E-state index contributed by atoms with van der Waals surface area (Å²) in [5.41, 5.74) is 0. The zero-order valence-corrected chi connectivity index (χ0v) is 6.47. The average molecular weight is 215 g/mol. The van der Waals surface area contributed by atoms with Crippen LogP contribution >= 0.6 is 22.9 Å². The lowest BCUT2D eigenvalue weighted by atomic mass is 10.4. The van der Waals surface area contributed by atoms with E-state index >= 15 is 0 Å². The van der Waals surface area contributed by atoms with Gasteiger partial charge < -0.3 is 10.4 Å². The monoisotopic (exact) mass is 215 g/mol. The molecule has 0 aromatic heterocycles. The van der Waals surface area contributed by atoms with Gasteiger partial charge in [0.25, 0.3) is 0 Å². The van der Waals surface area contributed by atoms with Gasteiger partial charge in [-0.15, -0.1) is 0 Å². The number of hydrogen-bond donors (Lipinski definition) is 1. The van der Waals surface area contributed by atoms with Gasteiger partial charge in [0.05, 0.1) is 0 Å². The Labute approximate surface area is 57.1 Å². The van der Waals surface area contributed by atoms with Crippen LogP contribution in [0.15, 0.2) is 0 Å².